The Morgan fingerprint density at radius 3 is 2.71 bits per heavy atom. The number of anilines is 2. The van der Waals surface area contributed by atoms with Crippen molar-refractivity contribution >= 4 is 17.3 Å². The standard InChI is InChI=1S/C19H25N3O2/c1-3-11-22(13-15-7-6-8-16(20)12-15)14-19(23)21-17-9-4-5-10-18(17)24-2/h4-10,12H,3,11,13-14,20H2,1-2H3,(H,21,23). The molecule has 5 nitrogen and oxygen atoms in total. The fraction of sp³-hybridized carbons (Fsp3) is 0.316. The fourth-order valence-electron chi connectivity index (χ4n) is 2.62. The number of para-hydroxylation sites is 2. The summed E-state index contributed by atoms with van der Waals surface area (Å²) >= 11 is 0. The van der Waals surface area contributed by atoms with Gasteiger partial charge in [0.05, 0.1) is 19.3 Å². The molecule has 5 heteroatoms. The first kappa shape index (κ1) is 17.8. The van der Waals surface area contributed by atoms with Crippen LogP contribution in [0.1, 0.15) is 18.9 Å². The van der Waals surface area contributed by atoms with Crippen LogP contribution in [0.3, 0.4) is 0 Å². The molecule has 24 heavy (non-hydrogen) atoms. The number of carbonyl (C=O) groups is 1. The Labute approximate surface area is 143 Å². The Balaban J connectivity index is 2.00. The van der Waals surface area contributed by atoms with Gasteiger partial charge >= 0.3 is 0 Å². The van der Waals surface area contributed by atoms with E-state index in [0.717, 1.165) is 24.2 Å². The summed E-state index contributed by atoms with van der Waals surface area (Å²) in [6.45, 7) is 3.96. The van der Waals surface area contributed by atoms with Gasteiger partial charge in [-0.05, 0) is 42.8 Å². The van der Waals surface area contributed by atoms with Crippen molar-refractivity contribution in [1.29, 1.82) is 0 Å². The molecule has 0 saturated carbocycles. The van der Waals surface area contributed by atoms with Crippen LogP contribution >= 0.6 is 0 Å². The fourth-order valence-corrected chi connectivity index (χ4v) is 2.62. The van der Waals surface area contributed by atoms with Crippen LogP contribution in [0.4, 0.5) is 11.4 Å². The zero-order chi connectivity index (χ0) is 17.4. The second-order valence-corrected chi connectivity index (χ2v) is 5.70. The average molecular weight is 327 g/mol. The zero-order valence-corrected chi connectivity index (χ0v) is 14.3. The molecule has 0 aliphatic carbocycles. The van der Waals surface area contributed by atoms with E-state index in [0.29, 0.717) is 24.5 Å². The number of methoxy groups -OCH3 is 1. The summed E-state index contributed by atoms with van der Waals surface area (Å²) in [5.74, 6) is 0.598. The maximum Gasteiger partial charge on any atom is 0.238 e. The third kappa shape index (κ3) is 5.28. The first-order chi connectivity index (χ1) is 11.6. The predicted octanol–water partition coefficient (Wildman–Crippen LogP) is 3.13. The molecular formula is C19H25N3O2. The molecule has 0 aliphatic heterocycles. The highest BCUT2D eigenvalue weighted by atomic mass is 16.5. The van der Waals surface area contributed by atoms with Crippen molar-refractivity contribution in [2.45, 2.75) is 19.9 Å². The molecule has 0 unspecified atom stereocenters. The van der Waals surface area contributed by atoms with Crippen LogP contribution < -0.4 is 15.8 Å². The van der Waals surface area contributed by atoms with Crippen molar-refractivity contribution in [3.63, 3.8) is 0 Å². The summed E-state index contributed by atoms with van der Waals surface area (Å²) in [6.07, 6.45) is 0.976. The maximum absolute atomic E-state index is 12.4. The van der Waals surface area contributed by atoms with Crippen molar-refractivity contribution in [3.05, 3.63) is 54.1 Å². The van der Waals surface area contributed by atoms with Crippen LogP contribution in [0.2, 0.25) is 0 Å². The number of benzene rings is 2. The van der Waals surface area contributed by atoms with Gasteiger partial charge in [0.25, 0.3) is 0 Å². The third-order valence-electron chi connectivity index (χ3n) is 3.65. The van der Waals surface area contributed by atoms with Crippen molar-refractivity contribution in [1.82, 2.24) is 4.90 Å². The molecule has 128 valence electrons. The van der Waals surface area contributed by atoms with Gasteiger partial charge in [-0.15, -0.1) is 0 Å². The lowest BCUT2D eigenvalue weighted by Gasteiger charge is -2.21. The minimum atomic E-state index is -0.0585. The summed E-state index contributed by atoms with van der Waals surface area (Å²) < 4.78 is 5.27. The normalized spacial score (nSPS) is 10.6. The van der Waals surface area contributed by atoms with Crippen LogP contribution in [0.25, 0.3) is 0 Å². The zero-order valence-electron chi connectivity index (χ0n) is 14.3. The quantitative estimate of drug-likeness (QED) is 0.731. The highest BCUT2D eigenvalue weighted by molar-refractivity contribution is 5.93. The first-order valence-corrected chi connectivity index (χ1v) is 8.12. The third-order valence-corrected chi connectivity index (χ3v) is 3.65. The minimum Gasteiger partial charge on any atom is -0.495 e. The number of nitrogens with two attached hydrogens (primary N) is 1. The topological polar surface area (TPSA) is 67.6 Å². The SMILES string of the molecule is CCCN(CC(=O)Nc1ccccc1OC)Cc1cccc(N)c1. The number of hydrogen-bond donors (Lipinski definition) is 2. The molecule has 0 saturated heterocycles. The number of rotatable bonds is 8. The lowest BCUT2D eigenvalue weighted by atomic mass is 10.2. The molecule has 0 spiro atoms. The molecule has 1 amide bonds. The van der Waals surface area contributed by atoms with Gasteiger partial charge in [-0.3, -0.25) is 9.69 Å². The molecule has 2 aromatic rings. The molecule has 0 fully saturated rings. The Hall–Kier alpha value is -2.53. The number of nitrogen functional groups attached to an aromatic ring is 1. The maximum atomic E-state index is 12.4. The molecule has 0 heterocycles. The second kappa shape index (κ2) is 8.93. The van der Waals surface area contributed by atoms with Crippen LogP contribution in [0.15, 0.2) is 48.5 Å². The van der Waals surface area contributed by atoms with Crippen LogP contribution in [-0.2, 0) is 11.3 Å². The lowest BCUT2D eigenvalue weighted by Crippen LogP contribution is -2.33. The molecular weight excluding hydrogens is 302 g/mol. The number of nitrogens with one attached hydrogen (secondary N) is 1. The Kier molecular flexibility index (Phi) is 6.63. The Morgan fingerprint density at radius 1 is 1.21 bits per heavy atom. The smallest absolute Gasteiger partial charge is 0.238 e. The van der Waals surface area contributed by atoms with Gasteiger partial charge in [0, 0.05) is 12.2 Å². The van der Waals surface area contributed by atoms with Gasteiger partial charge in [0.1, 0.15) is 5.75 Å². The van der Waals surface area contributed by atoms with Crippen molar-refractivity contribution < 1.29 is 9.53 Å². The van der Waals surface area contributed by atoms with E-state index in [1.807, 2.05) is 48.5 Å². The number of amides is 1. The van der Waals surface area contributed by atoms with Crippen LogP contribution in [-0.4, -0.2) is 31.0 Å². The summed E-state index contributed by atoms with van der Waals surface area (Å²) in [5.41, 5.74) is 8.36. The van der Waals surface area contributed by atoms with E-state index in [1.165, 1.54) is 0 Å². The van der Waals surface area contributed by atoms with E-state index in [9.17, 15) is 4.79 Å². The number of carbonyl (C=O) groups excluding carboxylic acids is 1. The van der Waals surface area contributed by atoms with Gasteiger partial charge in [0.15, 0.2) is 0 Å². The predicted molar refractivity (Wildman–Crippen MR) is 98.0 cm³/mol. The largest absolute Gasteiger partial charge is 0.495 e. The molecule has 2 aromatic carbocycles. The van der Waals surface area contributed by atoms with Gasteiger partial charge in [-0.1, -0.05) is 31.2 Å². The highest BCUT2D eigenvalue weighted by Gasteiger charge is 2.12. The summed E-state index contributed by atoms with van der Waals surface area (Å²) in [5, 5.41) is 2.92. The molecule has 3 N–H and O–H groups in total. The summed E-state index contributed by atoms with van der Waals surface area (Å²) in [4.78, 5) is 14.5. The number of hydrogen-bond acceptors (Lipinski definition) is 4. The molecule has 0 bridgehead atoms. The summed E-state index contributed by atoms with van der Waals surface area (Å²) in [7, 11) is 1.59. The summed E-state index contributed by atoms with van der Waals surface area (Å²) in [6, 6.07) is 15.2. The van der Waals surface area contributed by atoms with Crippen molar-refractivity contribution in [3.8, 4) is 5.75 Å². The first-order valence-electron chi connectivity index (χ1n) is 8.12. The highest BCUT2D eigenvalue weighted by Crippen LogP contribution is 2.23. The Bertz CT molecular complexity index is 673. The average Bonchev–Trinajstić information content (AvgIpc) is 2.55. The van der Waals surface area contributed by atoms with E-state index < -0.39 is 0 Å². The van der Waals surface area contributed by atoms with E-state index in [-0.39, 0.29) is 5.91 Å². The minimum absolute atomic E-state index is 0.0585. The van der Waals surface area contributed by atoms with E-state index in [4.69, 9.17) is 10.5 Å². The second-order valence-electron chi connectivity index (χ2n) is 5.70. The van der Waals surface area contributed by atoms with Gasteiger partial charge < -0.3 is 15.8 Å². The Morgan fingerprint density at radius 2 is 2.00 bits per heavy atom. The lowest BCUT2D eigenvalue weighted by molar-refractivity contribution is -0.117. The van der Waals surface area contributed by atoms with Gasteiger partial charge in [0.2, 0.25) is 5.91 Å². The number of nitrogens with zero attached hydrogens (tertiary/aromatic N) is 1. The molecule has 0 aromatic heterocycles. The molecule has 0 aliphatic rings. The van der Waals surface area contributed by atoms with Crippen molar-refractivity contribution in [2.24, 2.45) is 0 Å². The number of ether oxygens (including phenoxy) is 1. The monoisotopic (exact) mass is 327 g/mol. The molecule has 0 radical (unpaired) electrons. The molecule has 2 rings (SSSR count). The van der Waals surface area contributed by atoms with E-state index in [2.05, 4.69) is 17.1 Å². The van der Waals surface area contributed by atoms with Crippen LogP contribution in [0, 0.1) is 0 Å². The van der Waals surface area contributed by atoms with E-state index >= 15 is 0 Å². The van der Waals surface area contributed by atoms with Crippen molar-refractivity contribution in [2.75, 3.05) is 31.2 Å². The van der Waals surface area contributed by atoms with Gasteiger partial charge in [-0.25, -0.2) is 0 Å². The van der Waals surface area contributed by atoms with Crippen LogP contribution in [0.5, 0.6) is 5.75 Å². The van der Waals surface area contributed by atoms with E-state index in [1.54, 1.807) is 7.11 Å². The molecule has 0 atom stereocenters. The van der Waals surface area contributed by atoms with Gasteiger partial charge in [-0.2, -0.15) is 0 Å².